The van der Waals surface area contributed by atoms with Crippen molar-refractivity contribution in [3.63, 3.8) is 0 Å². The van der Waals surface area contributed by atoms with Crippen molar-refractivity contribution in [2.24, 2.45) is 0 Å². The Kier molecular flexibility index (Phi) is 4.27. The van der Waals surface area contributed by atoms with Crippen molar-refractivity contribution in [3.05, 3.63) is 59.7 Å². The summed E-state index contributed by atoms with van der Waals surface area (Å²) in [6, 6.07) is 9.84. The maximum Gasteiger partial charge on any atom is 0.274 e. The van der Waals surface area contributed by atoms with Crippen LogP contribution in [0.4, 0.5) is 20.2 Å². The van der Waals surface area contributed by atoms with Gasteiger partial charge in [-0.2, -0.15) is 0 Å². The molecule has 0 aliphatic heterocycles. The van der Waals surface area contributed by atoms with E-state index in [0.717, 1.165) is 12.1 Å². The zero-order valence-corrected chi connectivity index (χ0v) is 11.2. The van der Waals surface area contributed by atoms with Gasteiger partial charge in [0, 0.05) is 30.1 Å². The van der Waals surface area contributed by atoms with E-state index in [1.165, 1.54) is 6.07 Å². The molecule has 108 valence electrons. The Bertz CT molecular complexity index is 701. The molecule has 2 aromatic carbocycles. The lowest BCUT2D eigenvalue weighted by atomic mass is 10.1. The molecule has 0 unspecified atom stereocenters. The highest BCUT2D eigenvalue weighted by Gasteiger charge is 2.15. The van der Waals surface area contributed by atoms with Crippen LogP contribution in [0.3, 0.4) is 0 Å². The summed E-state index contributed by atoms with van der Waals surface area (Å²) < 4.78 is 25.9. The smallest absolute Gasteiger partial charge is 0.274 e. The molecule has 0 radical (unpaired) electrons. The number of halogens is 2. The van der Waals surface area contributed by atoms with E-state index in [9.17, 15) is 13.6 Å². The molecule has 0 spiro atoms. The molecule has 3 N–H and O–H groups in total. The lowest BCUT2D eigenvalue weighted by Crippen LogP contribution is -2.23. The normalized spacial score (nSPS) is 10.0. The molecule has 0 aliphatic carbocycles. The first-order valence-electron chi connectivity index (χ1n) is 6.15. The fourth-order valence-corrected chi connectivity index (χ4v) is 1.81. The number of hydrogen-bond acceptors (Lipinski definition) is 3. The van der Waals surface area contributed by atoms with Crippen LogP contribution in [0.2, 0.25) is 0 Å². The summed E-state index contributed by atoms with van der Waals surface area (Å²) in [5.41, 5.74) is 0.860. The minimum Gasteiger partial charge on any atom is -0.388 e. The van der Waals surface area contributed by atoms with Crippen molar-refractivity contribution in [2.75, 3.05) is 17.7 Å². The summed E-state index contributed by atoms with van der Waals surface area (Å²) >= 11 is 0. The van der Waals surface area contributed by atoms with Gasteiger partial charge in [-0.3, -0.25) is 10.2 Å². The third-order valence-corrected chi connectivity index (χ3v) is 2.87. The average molecular weight is 289 g/mol. The molecular formula is C15H13F2N3O. The topological polar surface area (TPSA) is 65.0 Å². The van der Waals surface area contributed by atoms with Crippen molar-refractivity contribution >= 4 is 23.0 Å². The third-order valence-electron chi connectivity index (χ3n) is 2.87. The van der Waals surface area contributed by atoms with E-state index >= 15 is 0 Å². The van der Waals surface area contributed by atoms with Crippen molar-refractivity contribution in [1.29, 1.82) is 5.41 Å². The van der Waals surface area contributed by atoms with Crippen LogP contribution in [0.5, 0.6) is 0 Å². The second-order valence-electron chi connectivity index (χ2n) is 4.25. The number of para-hydroxylation sites is 1. The van der Waals surface area contributed by atoms with E-state index in [0.29, 0.717) is 11.3 Å². The largest absolute Gasteiger partial charge is 0.388 e. The average Bonchev–Trinajstić information content (AvgIpc) is 2.50. The minimum atomic E-state index is -1.06. The highest BCUT2D eigenvalue weighted by Crippen LogP contribution is 2.17. The summed E-state index contributed by atoms with van der Waals surface area (Å²) in [5.74, 6) is -2.76. The molecule has 0 aliphatic rings. The van der Waals surface area contributed by atoms with Gasteiger partial charge in [0.15, 0.2) is 11.6 Å². The lowest BCUT2D eigenvalue weighted by Gasteiger charge is -2.10. The fraction of sp³-hybridized carbons (Fsp3) is 0.0667. The van der Waals surface area contributed by atoms with Crippen LogP contribution in [-0.4, -0.2) is 18.7 Å². The molecule has 2 aromatic rings. The molecule has 4 nitrogen and oxygen atoms in total. The second-order valence-corrected chi connectivity index (χ2v) is 4.25. The standard InChI is InChI=1S/C15H13F2N3O/c1-19-13-5-3-2-4-10(13)14(18)15(21)20-9-6-7-11(16)12(17)8-9/h2-8,18-19H,1H3,(H,20,21). The summed E-state index contributed by atoms with van der Waals surface area (Å²) in [6.07, 6.45) is 0. The molecule has 0 atom stereocenters. The molecule has 0 heterocycles. The van der Waals surface area contributed by atoms with Gasteiger partial charge in [-0.25, -0.2) is 8.78 Å². The first-order valence-corrected chi connectivity index (χ1v) is 6.15. The van der Waals surface area contributed by atoms with Gasteiger partial charge in [-0.1, -0.05) is 18.2 Å². The predicted octanol–water partition coefficient (Wildman–Crippen LogP) is 3.01. The van der Waals surface area contributed by atoms with E-state index in [4.69, 9.17) is 5.41 Å². The van der Waals surface area contributed by atoms with Crippen LogP contribution in [0, 0.1) is 17.0 Å². The number of amides is 1. The third kappa shape index (κ3) is 3.22. The van der Waals surface area contributed by atoms with Crippen LogP contribution in [0.25, 0.3) is 0 Å². The molecule has 21 heavy (non-hydrogen) atoms. The number of carbonyl (C=O) groups excluding carboxylic acids is 1. The Labute approximate surface area is 120 Å². The van der Waals surface area contributed by atoms with Crippen molar-refractivity contribution in [3.8, 4) is 0 Å². The number of benzene rings is 2. The van der Waals surface area contributed by atoms with Crippen molar-refractivity contribution in [1.82, 2.24) is 0 Å². The summed E-state index contributed by atoms with van der Waals surface area (Å²) in [7, 11) is 1.68. The number of anilines is 2. The molecule has 0 bridgehead atoms. The number of nitrogens with one attached hydrogen (secondary N) is 3. The van der Waals surface area contributed by atoms with Crippen LogP contribution in [0.15, 0.2) is 42.5 Å². The molecular weight excluding hydrogens is 276 g/mol. The van der Waals surface area contributed by atoms with Crippen LogP contribution in [-0.2, 0) is 4.79 Å². The van der Waals surface area contributed by atoms with E-state index < -0.39 is 17.5 Å². The minimum absolute atomic E-state index is 0.0885. The molecule has 0 fully saturated rings. The zero-order chi connectivity index (χ0) is 15.4. The molecule has 0 saturated carbocycles. The summed E-state index contributed by atoms with van der Waals surface area (Å²) in [5, 5.41) is 13.1. The molecule has 6 heteroatoms. The second kappa shape index (κ2) is 6.13. The number of hydrogen-bond donors (Lipinski definition) is 3. The van der Waals surface area contributed by atoms with Gasteiger partial charge in [-0.05, 0) is 18.2 Å². The summed E-state index contributed by atoms with van der Waals surface area (Å²) in [4.78, 5) is 12.0. The van der Waals surface area contributed by atoms with E-state index in [2.05, 4.69) is 10.6 Å². The van der Waals surface area contributed by atoms with Gasteiger partial charge in [0.2, 0.25) is 0 Å². The first kappa shape index (κ1) is 14.6. The Morgan fingerprint density at radius 1 is 1.10 bits per heavy atom. The van der Waals surface area contributed by atoms with Gasteiger partial charge in [0.1, 0.15) is 5.71 Å². The van der Waals surface area contributed by atoms with Gasteiger partial charge in [-0.15, -0.1) is 0 Å². The van der Waals surface area contributed by atoms with Crippen molar-refractivity contribution < 1.29 is 13.6 Å². The van der Waals surface area contributed by atoms with E-state index in [-0.39, 0.29) is 11.4 Å². The van der Waals surface area contributed by atoms with Gasteiger partial charge in [0.05, 0.1) is 0 Å². The molecule has 2 rings (SSSR count). The summed E-state index contributed by atoms with van der Waals surface area (Å²) in [6.45, 7) is 0. The zero-order valence-electron chi connectivity index (χ0n) is 11.2. The Morgan fingerprint density at radius 3 is 2.48 bits per heavy atom. The molecule has 0 aromatic heterocycles. The van der Waals surface area contributed by atoms with Crippen molar-refractivity contribution in [2.45, 2.75) is 0 Å². The Balaban J connectivity index is 2.19. The lowest BCUT2D eigenvalue weighted by molar-refractivity contribution is -0.110. The first-order chi connectivity index (χ1) is 10.0. The van der Waals surface area contributed by atoms with Gasteiger partial charge >= 0.3 is 0 Å². The van der Waals surface area contributed by atoms with Crippen LogP contribution >= 0.6 is 0 Å². The predicted molar refractivity (Wildman–Crippen MR) is 77.8 cm³/mol. The molecule has 0 saturated heterocycles. The van der Waals surface area contributed by atoms with E-state index in [1.807, 2.05) is 0 Å². The fourth-order valence-electron chi connectivity index (χ4n) is 1.81. The Hall–Kier alpha value is -2.76. The van der Waals surface area contributed by atoms with Crippen LogP contribution in [0.1, 0.15) is 5.56 Å². The van der Waals surface area contributed by atoms with Crippen LogP contribution < -0.4 is 10.6 Å². The highest BCUT2D eigenvalue weighted by molar-refractivity contribution is 6.48. The highest BCUT2D eigenvalue weighted by atomic mass is 19.2. The number of carbonyl (C=O) groups is 1. The SMILES string of the molecule is CNc1ccccc1C(=N)C(=O)Nc1ccc(F)c(F)c1. The molecule has 1 amide bonds. The quantitative estimate of drug-likeness (QED) is 0.757. The van der Waals surface area contributed by atoms with Gasteiger partial charge in [0.25, 0.3) is 5.91 Å². The number of rotatable bonds is 4. The van der Waals surface area contributed by atoms with Gasteiger partial charge < -0.3 is 10.6 Å². The maximum absolute atomic E-state index is 13.1. The monoisotopic (exact) mass is 289 g/mol. The maximum atomic E-state index is 13.1. The Morgan fingerprint density at radius 2 is 1.81 bits per heavy atom. The van der Waals surface area contributed by atoms with E-state index in [1.54, 1.807) is 31.3 Å².